The Morgan fingerprint density at radius 1 is 1.00 bits per heavy atom. The fourth-order valence-corrected chi connectivity index (χ4v) is 6.18. The number of morpholine rings is 1. The summed E-state index contributed by atoms with van der Waals surface area (Å²) < 4.78 is 12.5. The highest BCUT2D eigenvalue weighted by atomic mass is 16.5. The molecule has 6 rings (SSSR count). The number of hydrogen-bond donors (Lipinski definition) is 1. The van der Waals surface area contributed by atoms with Crippen molar-refractivity contribution < 1.29 is 23.9 Å². The molecule has 3 unspecified atom stereocenters. The molecule has 4 fully saturated rings. The number of benzene rings is 1. The molecule has 4 heterocycles. The zero-order chi connectivity index (χ0) is 21.8. The van der Waals surface area contributed by atoms with E-state index in [2.05, 4.69) is 10.2 Å². The van der Waals surface area contributed by atoms with Gasteiger partial charge in [0.15, 0.2) is 0 Å². The third-order valence-electron chi connectivity index (χ3n) is 7.74. The highest BCUT2D eigenvalue weighted by molar-refractivity contribution is 6.05. The first kappa shape index (κ1) is 20.2. The van der Waals surface area contributed by atoms with Gasteiger partial charge in [0.05, 0.1) is 12.2 Å². The highest BCUT2D eigenvalue weighted by Crippen LogP contribution is 2.35. The van der Waals surface area contributed by atoms with Gasteiger partial charge in [0.25, 0.3) is 5.91 Å². The maximum absolute atomic E-state index is 12.9. The van der Waals surface area contributed by atoms with Crippen molar-refractivity contribution in [3.63, 3.8) is 0 Å². The number of likely N-dealkylation sites (tertiary alicyclic amines) is 1. The third kappa shape index (κ3) is 3.49. The van der Waals surface area contributed by atoms with Crippen molar-refractivity contribution in [3.8, 4) is 5.75 Å². The van der Waals surface area contributed by atoms with E-state index in [1.54, 1.807) is 4.90 Å². The smallest absolute Gasteiger partial charge is 0.255 e. The minimum Gasteiger partial charge on any atom is -0.489 e. The van der Waals surface area contributed by atoms with E-state index in [4.69, 9.17) is 9.47 Å². The van der Waals surface area contributed by atoms with Gasteiger partial charge in [-0.25, -0.2) is 0 Å². The summed E-state index contributed by atoms with van der Waals surface area (Å²) in [7, 11) is 0. The second-order valence-electron chi connectivity index (χ2n) is 9.78. The first-order chi connectivity index (χ1) is 15.5. The van der Waals surface area contributed by atoms with Crippen molar-refractivity contribution in [2.75, 3.05) is 13.1 Å². The number of nitrogens with one attached hydrogen (secondary N) is 1. The fraction of sp³-hybridized carbons (Fsp3) is 0.625. The molecule has 2 bridgehead atoms. The topological polar surface area (TPSA) is 88.2 Å². The molecule has 170 valence electrons. The molecule has 8 heteroatoms. The van der Waals surface area contributed by atoms with E-state index in [0.29, 0.717) is 36.8 Å². The van der Waals surface area contributed by atoms with E-state index in [1.807, 2.05) is 18.2 Å². The standard InChI is InChI=1S/C24H29N3O5/c28-22-9-8-20(23(29)25-22)27-11-14-10-15(6-7-18(14)24(27)30)32-21-3-1-2-19(21)26-12-16-4-5-17(13-26)31-16/h6-7,10,16-17,19-21H,1-5,8-9,11-13H2,(H,25,28,29)/t16?,17?,19-,20?,21+/m1/s1. The number of rotatable bonds is 4. The van der Waals surface area contributed by atoms with Crippen molar-refractivity contribution in [1.82, 2.24) is 15.1 Å². The lowest BCUT2D eigenvalue weighted by atomic mass is 10.0. The monoisotopic (exact) mass is 439 g/mol. The third-order valence-corrected chi connectivity index (χ3v) is 7.74. The minimum atomic E-state index is -0.590. The van der Waals surface area contributed by atoms with Gasteiger partial charge < -0.3 is 14.4 Å². The molecular formula is C24H29N3O5. The average molecular weight is 440 g/mol. The fourth-order valence-electron chi connectivity index (χ4n) is 6.18. The first-order valence-electron chi connectivity index (χ1n) is 11.9. The lowest BCUT2D eigenvalue weighted by Crippen LogP contribution is -2.52. The molecule has 0 aromatic heterocycles. The second-order valence-corrected chi connectivity index (χ2v) is 9.78. The maximum Gasteiger partial charge on any atom is 0.255 e. The molecule has 5 atom stereocenters. The number of ether oxygens (including phenoxy) is 2. The van der Waals surface area contributed by atoms with Crippen molar-refractivity contribution in [3.05, 3.63) is 29.3 Å². The van der Waals surface area contributed by atoms with Crippen molar-refractivity contribution in [2.45, 2.75) is 81.9 Å². The number of carbonyl (C=O) groups excluding carboxylic acids is 3. The summed E-state index contributed by atoms with van der Waals surface area (Å²) in [6.45, 7) is 2.37. The van der Waals surface area contributed by atoms with Crippen LogP contribution in [0.4, 0.5) is 0 Å². The van der Waals surface area contributed by atoms with Crippen LogP contribution in [0.5, 0.6) is 5.75 Å². The summed E-state index contributed by atoms with van der Waals surface area (Å²) in [6, 6.07) is 5.48. The number of amides is 3. The Labute approximate surface area is 187 Å². The summed E-state index contributed by atoms with van der Waals surface area (Å²) in [4.78, 5) is 40.8. The van der Waals surface area contributed by atoms with Gasteiger partial charge >= 0.3 is 0 Å². The Hall–Kier alpha value is -2.45. The zero-order valence-electron chi connectivity index (χ0n) is 18.1. The Balaban J connectivity index is 1.15. The van der Waals surface area contributed by atoms with E-state index in [0.717, 1.165) is 43.7 Å². The molecule has 8 nitrogen and oxygen atoms in total. The van der Waals surface area contributed by atoms with Crippen molar-refractivity contribution in [2.24, 2.45) is 0 Å². The van der Waals surface area contributed by atoms with Crippen LogP contribution in [-0.4, -0.2) is 71.0 Å². The van der Waals surface area contributed by atoms with Crippen LogP contribution in [0.25, 0.3) is 0 Å². The molecule has 1 aliphatic carbocycles. The van der Waals surface area contributed by atoms with Crippen LogP contribution >= 0.6 is 0 Å². The second kappa shape index (κ2) is 7.85. The van der Waals surface area contributed by atoms with Crippen LogP contribution in [0.3, 0.4) is 0 Å². The summed E-state index contributed by atoms with van der Waals surface area (Å²) in [6.07, 6.45) is 7.22. The quantitative estimate of drug-likeness (QED) is 0.718. The number of piperidine rings is 1. The highest BCUT2D eigenvalue weighted by Gasteiger charge is 2.42. The molecule has 0 spiro atoms. The normalized spacial score (nSPS) is 34.7. The maximum atomic E-state index is 12.9. The molecule has 1 aromatic rings. The SMILES string of the molecule is O=C1CCC(N2Cc3cc(O[C@H]4CCC[C@H]4N4CC5CCC(C4)O5)ccc3C2=O)C(=O)N1. The molecule has 3 amide bonds. The van der Waals surface area contributed by atoms with Gasteiger partial charge in [-0.1, -0.05) is 0 Å². The lowest BCUT2D eigenvalue weighted by Gasteiger charge is -2.38. The summed E-state index contributed by atoms with van der Waals surface area (Å²) in [5.41, 5.74) is 1.51. The van der Waals surface area contributed by atoms with Gasteiger partial charge in [0, 0.05) is 37.7 Å². The Kier molecular flexibility index (Phi) is 4.95. The number of hydrogen-bond acceptors (Lipinski definition) is 6. The molecule has 1 aromatic carbocycles. The molecule has 32 heavy (non-hydrogen) atoms. The number of nitrogens with zero attached hydrogens (tertiary/aromatic N) is 2. The molecular weight excluding hydrogens is 410 g/mol. The Bertz CT molecular complexity index is 953. The van der Waals surface area contributed by atoms with Crippen LogP contribution in [0.15, 0.2) is 18.2 Å². The molecule has 5 aliphatic rings. The molecule has 3 saturated heterocycles. The minimum absolute atomic E-state index is 0.147. The Morgan fingerprint density at radius 3 is 2.59 bits per heavy atom. The molecule has 1 N–H and O–H groups in total. The van der Waals surface area contributed by atoms with Crippen molar-refractivity contribution in [1.29, 1.82) is 0 Å². The summed E-state index contributed by atoms with van der Waals surface area (Å²) in [5, 5.41) is 2.35. The Morgan fingerprint density at radius 2 is 1.81 bits per heavy atom. The number of fused-ring (bicyclic) bond motifs is 3. The predicted molar refractivity (Wildman–Crippen MR) is 114 cm³/mol. The van der Waals surface area contributed by atoms with E-state index >= 15 is 0 Å². The predicted octanol–water partition coefficient (Wildman–Crippen LogP) is 1.61. The van der Waals surface area contributed by atoms with Crippen LogP contribution in [-0.2, 0) is 20.9 Å². The molecule has 4 aliphatic heterocycles. The van der Waals surface area contributed by atoms with Gasteiger partial charge in [0.1, 0.15) is 17.9 Å². The van der Waals surface area contributed by atoms with Gasteiger partial charge in [-0.15, -0.1) is 0 Å². The lowest BCUT2D eigenvalue weighted by molar-refractivity contribution is -0.136. The van der Waals surface area contributed by atoms with Crippen LogP contribution in [0, 0.1) is 0 Å². The van der Waals surface area contributed by atoms with Gasteiger partial charge in [-0.05, 0) is 62.3 Å². The van der Waals surface area contributed by atoms with Crippen LogP contribution in [0.2, 0.25) is 0 Å². The van der Waals surface area contributed by atoms with E-state index < -0.39 is 6.04 Å². The average Bonchev–Trinajstić information content (AvgIpc) is 3.46. The largest absolute Gasteiger partial charge is 0.489 e. The van der Waals surface area contributed by atoms with E-state index in [-0.39, 0.29) is 30.2 Å². The van der Waals surface area contributed by atoms with Crippen LogP contribution < -0.4 is 10.1 Å². The van der Waals surface area contributed by atoms with Crippen molar-refractivity contribution >= 4 is 17.7 Å². The molecule has 0 radical (unpaired) electrons. The summed E-state index contributed by atoms with van der Waals surface area (Å²) in [5.74, 6) is -0.0176. The van der Waals surface area contributed by atoms with E-state index in [1.165, 1.54) is 12.8 Å². The zero-order valence-corrected chi connectivity index (χ0v) is 18.1. The van der Waals surface area contributed by atoms with Gasteiger partial charge in [0.2, 0.25) is 11.8 Å². The number of imide groups is 1. The van der Waals surface area contributed by atoms with E-state index in [9.17, 15) is 14.4 Å². The van der Waals surface area contributed by atoms with Gasteiger partial charge in [-0.3, -0.25) is 24.6 Å². The molecule has 1 saturated carbocycles. The van der Waals surface area contributed by atoms with Gasteiger partial charge in [-0.2, -0.15) is 0 Å². The van der Waals surface area contributed by atoms with Crippen LogP contribution in [0.1, 0.15) is 60.9 Å². The summed E-state index contributed by atoms with van der Waals surface area (Å²) >= 11 is 0. The number of carbonyl (C=O) groups is 3. The first-order valence-corrected chi connectivity index (χ1v) is 11.9.